The monoisotopic (exact) mass is 811 g/mol. The van der Waals surface area contributed by atoms with Gasteiger partial charge in [-0.25, -0.2) is 0 Å². The summed E-state index contributed by atoms with van der Waals surface area (Å²) < 4.78 is 28.0. The van der Waals surface area contributed by atoms with Crippen LogP contribution >= 0.6 is 0 Å². The average molecular weight is 812 g/mol. The van der Waals surface area contributed by atoms with E-state index in [1.165, 1.54) is 66.7 Å². The molecule has 0 saturated heterocycles. The Labute approximate surface area is 336 Å². The molecule has 0 saturated carbocycles. The van der Waals surface area contributed by atoms with Crippen LogP contribution in [-0.2, 0) is 38.1 Å². The number of hydrogen-bond donors (Lipinski definition) is 6. The molecule has 6 N–H and O–H groups in total. The topological polar surface area (TPSA) is 245 Å². The maximum Gasteiger partial charge on any atom is 0.313 e. The van der Waals surface area contributed by atoms with Gasteiger partial charge in [-0.05, 0) is 46.3 Å². The Morgan fingerprint density at radius 2 is 1.50 bits per heavy atom. The Morgan fingerprint density at radius 3 is 2.09 bits per heavy atom. The van der Waals surface area contributed by atoms with Crippen molar-refractivity contribution in [1.29, 1.82) is 0 Å². The second-order valence-corrected chi connectivity index (χ2v) is 15.3. The van der Waals surface area contributed by atoms with Crippen LogP contribution in [0.1, 0.15) is 83.8 Å². The van der Waals surface area contributed by atoms with Gasteiger partial charge in [-0.3, -0.25) is 24.0 Å². The number of aliphatic hydroxyl groups excluding tert-OH is 3. The first-order valence-corrected chi connectivity index (χ1v) is 18.7. The van der Waals surface area contributed by atoms with Crippen LogP contribution in [0, 0.1) is 30.6 Å². The fraction of sp³-hybridized carbons (Fsp3) is 0.500. The van der Waals surface area contributed by atoms with Crippen molar-refractivity contribution in [1.82, 2.24) is 0 Å². The number of allylic oxidation sites excluding steroid dienone is 5. The summed E-state index contributed by atoms with van der Waals surface area (Å²) in [6.45, 7) is 13.5. The number of Topliss-reactive ketones (excluding diaryl/α,β-unsaturated/α-hetero) is 1. The predicted molar refractivity (Wildman–Crippen MR) is 208 cm³/mol. The minimum Gasteiger partial charge on any atom is -0.505 e. The lowest BCUT2D eigenvalue weighted by atomic mass is 9.75. The number of aliphatic hydroxyl groups is 4. The van der Waals surface area contributed by atoms with E-state index in [1.54, 1.807) is 13.0 Å². The van der Waals surface area contributed by atoms with Crippen LogP contribution in [-0.4, -0.2) is 99.1 Å². The van der Waals surface area contributed by atoms with E-state index in [4.69, 9.17) is 23.7 Å². The van der Waals surface area contributed by atoms with Crippen molar-refractivity contribution in [3.63, 3.8) is 0 Å². The normalized spacial score (nSPS) is 32.1. The van der Waals surface area contributed by atoms with Gasteiger partial charge in [0.05, 0.1) is 42.2 Å². The molecule has 3 aliphatic heterocycles. The van der Waals surface area contributed by atoms with Crippen molar-refractivity contribution in [3.8, 4) is 11.5 Å². The summed E-state index contributed by atoms with van der Waals surface area (Å²) in [6.07, 6.45) is -0.755. The number of nitrogens with one attached hydrogen (secondary N) is 1. The number of hydrogen-bond acceptors (Lipinski definition) is 15. The molecular formula is C42H53NO15. The van der Waals surface area contributed by atoms with Crippen molar-refractivity contribution in [2.75, 3.05) is 19.2 Å². The summed E-state index contributed by atoms with van der Waals surface area (Å²) in [4.78, 5) is 65.7. The van der Waals surface area contributed by atoms with Gasteiger partial charge in [-0.1, -0.05) is 39.0 Å². The molecule has 1 aliphatic carbocycles. The Kier molecular flexibility index (Phi) is 13.8. The summed E-state index contributed by atoms with van der Waals surface area (Å²) in [6, 6.07) is 0. The number of benzene rings is 1. The Morgan fingerprint density at radius 1 is 0.897 bits per heavy atom. The maximum atomic E-state index is 14.0. The molecule has 58 heavy (non-hydrogen) atoms. The second-order valence-electron chi connectivity index (χ2n) is 15.3. The van der Waals surface area contributed by atoms with E-state index in [0.717, 1.165) is 21.0 Å². The number of rotatable bonds is 3. The largest absolute Gasteiger partial charge is 0.505 e. The van der Waals surface area contributed by atoms with E-state index in [1.807, 2.05) is 0 Å². The average Bonchev–Trinajstić information content (AvgIpc) is 3.16. The number of anilines is 1. The third-order valence-electron chi connectivity index (χ3n) is 10.9. The van der Waals surface area contributed by atoms with Crippen LogP contribution in [0.4, 0.5) is 5.69 Å². The number of phenolic OH excluding ortho intramolecular Hbond substituents is 1. The van der Waals surface area contributed by atoms with Crippen LogP contribution in [0.25, 0.3) is 5.57 Å². The molecule has 1 amide bonds. The van der Waals surface area contributed by atoms with Gasteiger partial charge < -0.3 is 54.5 Å². The molecule has 16 nitrogen and oxygen atoms in total. The van der Waals surface area contributed by atoms with Gasteiger partial charge in [0.15, 0.2) is 11.5 Å². The Hall–Kier alpha value is -5.29. The minimum atomic E-state index is -2.20. The second kappa shape index (κ2) is 17.7. The summed E-state index contributed by atoms with van der Waals surface area (Å²) in [5, 5.41) is 61.2. The number of methoxy groups -OCH3 is 1. The molecular weight excluding hydrogens is 758 g/mol. The first kappa shape index (κ1) is 45.4. The molecule has 5 rings (SSSR count). The molecule has 0 spiro atoms. The predicted octanol–water partition coefficient (Wildman–Crippen LogP) is 3.68. The fourth-order valence-corrected chi connectivity index (χ4v) is 7.67. The van der Waals surface area contributed by atoms with Gasteiger partial charge in [0, 0.05) is 53.9 Å². The molecule has 0 fully saturated rings. The van der Waals surface area contributed by atoms with Crippen LogP contribution in [0.3, 0.4) is 0 Å². The highest BCUT2D eigenvalue weighted by molar-refractivity contribution is 6.21. The maximum absolute atomic E-state index is 14.0. The van der Waals surface area contributed by atoms with E-state index >= 15 is 0 Å². The van der Waals surface area contributed by atoms with Crippen molar-refractivity contribution in [3.05, 3.63) is 69.2 Å². The fourth-order valence-electron chi connectivity index (χ4n) is 7.67. The van der Waals surface area contributed by atoms with E-state index in [-0.39, 0.29) is 61.9 Å². The number of carbonyl (C=O) groups is 5. The summed E-state index contributed by atoms with van der Waals surface area (Å²) in [5.41, 5.74) is -2.47. The molecule has 16 heteroatoms. The molecule has 1 aromatic rings. The number of aromatic hydroxyl groups is 1. The van der Waals surface area contributed by atoms with Gasteiger partial charge in [-0.2, -0.15) is 0 Å². The van der Waals surface area contributed by atoms with Gasteiger partial charge in [0.2, 0.25) is 6.79 Å². The highest BCUT2D eigenvalue weighted by atomic mass is 16.7. The third kappa shape index (κ3) is 8.74. The van der Waals surface area contributed by atoms with Crippen molar-refractivity contribution >= 4 is 40.9 Å². The Balaban J connectivity index is 2.08. The van der Waals surface area contributed by atoms with E-state index in [9.17, 15) is 49.5 Å². The lowest BCUT2D eigenvalue weighted by Gasteiger charge is -2.39. The Bertz CT molecular complexity index is 2040. The first-order chi connectivity index (χ1) is 27.0. The molecule has 0 aromatic heterocycles. The lowest BCUT2D eigenvalue weighted by Crippen LogP contribution is -2.53. The van der Waals surface area contributed by atoms with Crippen LogP contribution < -0.4 is 10.1 Å². The molecule has 0 radical (unpaired) electrons. The molecule has 0 unspecified atom stereocenters. The van der Waals surface area contributed by atoms with E-state index in [0.29, 0.717) is 0 Å². The zero-order valence-corrected chi connectivity index (χ0v) is 34.5. The van der Waals surface area contributed by atoms with Gasteiger partial charge in [-0.15, -0.1) is 0 Å². The minimum absolute atomic E-state index is 0.00899. The number of carbonyl (C=O) groups excluding carboxylic acids is 5. The number of amides is 1. The molecule has 3 heterocycles. The van der Waals surface area contributed by atoms with Gasteiger partial charge in [0.25, 0.3) is 5.91 Å². The number of ether oxygens (including phenoxy) is 5. The zero-order valence-electron chi connectivity index (χ0n) is 34.5. The molecule has 9 atom stereocenters. The number of esters is 3. The van der Waals surface area contributed by atoms with Crippen LogP contribution in [0.2, 0.25) is 0 Å². The molecule has 316 valence electrons. The number of ketones is 1. The molecule has 1 aromatic carbocycles. The van der Waals surface area contributed by atoms with E-state index < -0.39 is 95.8 Å². The van der Waals surface area contributed by atoms with Gasteiger partial charge in [0.1, 0.15) is 34.9 Å². The number of phenols is 1. The van der Waals surface area contributed by atoms with Crippen LogP contribution in [0.5, 0.6) is 11.5 Å². The quantitative estimate of drug-likeness (QED) is 0.145. The standard InChI is InChI=1S/C42H53NO15/c1-17-13-12-14-18(2)40(51)43-30-20(4)38(58-25(9)45)26-27(34(30)49)31(46)22(6)37-28(26)36(55-16-56-37)19(3)15-42(10,53)39(50)23(7)33(48)29(41(52)54-11)32(47)21(5)35(17)57-24(8)44/h12-15,17,21,23,29,32-33,35,39,47-50,53H,16H2,1-11H3,(H,43,51)/b13-12-,18-14+,19-15+/t17-,21+,23+,29-,32-,33-,35+,39-,42-/m1/s1. The van der Waals surface area contributed by atoms with Crippen LogP contribution in [0.15, 0.2) is 52.5 Å². The SMILES string of the molecule is COC(=O)[C@@H]1[C@H](O)[C@H](C)[C@@H](OC(C)=O)[C@H](C)/C=C\C=C(/C)C(=O)Nc2c(C)c(OC(C)=O)c3c(c2O)C(=O)C(C)=C2OCOC(=C23)/C(C)=C/[C@@](C)(O)[C@H](O)[C@@H](C)[C@H]1O. The lowest BCUT2D eigenvalue weighted by molar-refractivity contribution is -0.171. The molecule has 4 aliphatic rings. The van der Waals surface area contributed by atoms with Crippen molar-refractivity contribution in [2.24, 2.45) is 23.7 Å². The third-order valence-corrected chi connectivity index (χ3v) is 10.9. The summed E-state index contributed by atoms with van der Waals surface area (Å²) in [5.74, 6) is -9.54. The zero-order chi connectivity index (χ0) is 43.7. The van der Waals surface area contributed by atoms with Crippen molar-refractivity contribution in [2.45, 2.75) is 99.3 Å². The summed E-state index contributed by atoms with van der Waals surface area (Å²) >= 11 is 0. The smallest absolute Gasteiger partial charge is 0.313 e. The van der Waals surface area contributed by atoms with Crippen molar-refractivity contribution < 1.29 is 73.2 Å². The highest BCUT2D eigenvalue weighted by Gasteiger charge is 2.48. The van der Waals surface area contributed by atoms with Gasteiger partial charge >= 0.3 is 17.9 Å². The highest BCUT2D eigenvalue weighted by Crippen LogP contribution is 2.53. The van der Waals surface area contributed by atoms with E-state index in [2.05, 4.69) is 5.32 Å². The summed E-state index contributed by atoms with van der Waals surface area (Å²) in [7, 11) is 1.05. The molecule has 4 bridgehead atoms. The first-order valence-electron chi connectivity index (χ1n) is 18.7. The number of fused-ring (bicyclic) bond motifs is 14.